The van der Waals surface area contributed by atoms with Gasteiger partial charge in [-0.1, -0.05) is 30.3 Å². The van der Waals surface area contributed by atoms with Gasteiger partial charge < -0.3 is 5.32 Å². The molecule has 1 saturated heterocycles. The maximum absolute atomic E-state index is 13.5. The standard InChI is InChI=1S/C25H27FN4O2S/c1-17-11-18(7-8-23(17)26)14-30-15-19-12-21(13-20(19)16-30)27-24-9-10-25(29-28-24)33(31,32)22-5-3-2-4-6-22/h2-11,19-21H,12-16H2,1H3,(H,27,28)/t19-,20+,21?. The van der Waals surface area contributed by atoms with Crippen LogP contribution in [0, 0.1) is 24.6 Å². The first kappa shape index (κ1) is 22.0. The zero-order chi connectivity index (χ0) is 23.0. The Morgan fingerprint density at radius 3 is 2.36 bits per heavy atom. The van der Waals surface area contributed by atoms with Crippen LogP contribution in [0.15, 0.2) is 70.6 Å². The molecule has 172 valence electrons. The molecular weight excluding hydrogens is 439 g/mol. The average molecular weight is 467 g/mol. The number of likely N-dealkylation sites (tertiary alicyclic amines) is 1. The zero-order valence-corrected chi connectivity index (χ0v) is 19.3. The van der Waals surface area contributed by atoms with Crippen LogP contribution in [0.3, 0.4) is 0 Å². The number of hydrogen-bond acceptors (Lipinski definition) is 6. The molecule has 8 heteroatoms. The van der Waals surface area contributed by atoms with Gasteiger partial charge in [0.2, 0.25) is 9.84 Å². The Bertz CT molecular complexity index is 1220. The molecule has 0 radical (unpaired) electrons. The number of rotatable bonds is 6. The number of benzene rings is 2. The fraction of sp³-hybridized carbons (Fsp3) is 0.360. The van der Waals surface area contributed by atoms with Gasteiger partial charge in [-0.15, -0.1) is 10.2 Å². The average Bonchev–Trinajstić information content (AvgIpc) is 3.35. The first-order chi connectivity index (χ1) is 15.9. The summed E-state index contributed by atoms with van der Waals surface area (Å²) in [5, 5.41) is 11.5. The molecule has 0 spiro atoms. The van der Waals surface area contributed by atoms with Crippen molar-refractivity contribution < 1.29 is 12.8 Å². The van der Waals surface area contributed by atoms with Gasteiger partial charge in [0.25, 0.3) is 0 Å². The molecular formula is C25H27FN4O2S. The Hall–Kier alpha value is -2.84. The first-order valence-electron chi connectivity index (χ1n) is 11.3. The van der Waals surface area contributed by atoms with Crippen molar-refractivity contribution in [2.75, 3.05) is 18.4 Å². The fourth-order valence-electron chi connectivity index (χ4n) is 5.18. The monoisotopic (exact) mass is 466 g/mol. The quantitative estimate of drug-likeness (QED) is 0.590. The Balaban J connectivity index is 1.16. The van der Waals surface area contributed by atoms with Gasteiger partial charge in [-0.25, -0.2) is 12.8 Å². The predicted octanol–water partition coefficient (Wildman–Crippen LogP) is 4.08. The summed E-state index contributed by atoms with van der Waals surface area (Å²) in [6.07, 6.45) is 2.10. The number of anilines is 1. The Labute approximate surface area is 193 Å². The third-order valence-electron chi connectivity index (χ3n) is 6.78. The van der Waals surface area contributed by atoms with E-state index in [1.165, 1.54) is 6.07 Å². The van der Waals surface area contributed by atoms with Crippen molar-refractivity contribution >= 4 is 15.7 Å². The van der Waals surface area contributed by atoms with Crippen LogP contribution in [-0.4, -0.2) is 42.6 Å². The molecule has 2 heterocycles. The van der Waals surface area contributed by atoms with Crippen LogP contribution < -0.4 is 5.32 Å². The second kappa shape index (κ2) is 8.83. The Morgan fingerprint density at radius 1 is 1.00 bits per heavy atom. The molecule has 2 fully saturated rings. The normalized spacial score (nSPS) is 22.9. The molecule has 1 aromatic heterocycles. The van der Waals surface area contributed by atoms with Gasteiger partial charge in [0.1, 0.15) is 11.6 Å². The third-order valence-corrected chi connectivity index (χ3v) is 8.44. The summed E-state index contributed by atoms with van der Waals surface area (Å²) in [4.78, 5) is 2.67. The van der Waals surface area contributed by atoms with E-state index in [2.05, 4.69) is 20.4 Å². The van der Waals surface area contributed by atoms with E-state index in [-0.39, 0.29) is 15.7 Å². The topological polar surface area (TPSA) is 75.2 Å². The summed E-state index contributed by atoms with van der Waals surface area (Å²) in [6, 6.07) is 17.2. The van der Waals surface area contributed by atoms with Crippen molar-refractivity contribution in [1.82, 2.24) is 15.1 Å². The lowest BCUT2D eigenvalue weighted by Crippen LogP contribution is -2.25. The molecule has 5 rings (SSSR count). The molecule has 0 bridgehead atoms. The SMILES string of the molecule is Cc1cc(CN2C[C@H]3CC(Nc4ccc(S(=O)(=O)c5ccccc5)nn4)C[C@H]3C2)ccc1F. The Kier molecular flexibility index (Phi) is 5.88. The van der Waals surface area contributed by atoms with E-state index in [4.69, 9.17) is 0 Å². The van der Waals surface area contributed by atoms with Gasteiger partial charge >= 0.3 is 0 Å². The number of nitrogens with zero attached hydrogens (tertiary/aromatic N) is 3. The smallest absolute Gasteiger partial charge is 0.225 e. The maximum atomic E-state index is 13.5. The highest BCUT2D eigenvalue weighted by atomic mass is 32.2. The van der Waals surface area contributed by atoms with E-state index in [9.17, 15) is 12.8 Å². The third kappa shape index (κ3) is 4.63. The van der Waals surface area contributed by atoms with E-state index in [0.29, 0.717) is 29.3 Å². The van der Waals surface area contributed by atoms with Crippen molar-refractivity contribution in [2.24, 2.45) is 11.8 Å². The van der Waals surface area contributed by atoms with Gasteiger partial charge in [0.05, 0.1) is 4.90 Å². The van der Waals surface area contributed by atoms with Crippen LogP contribution in [0.25, 0.3) is 0 Å². The number of fused-ring (bicyclic) bond motifs is 1. The number of aryl methyl sites for hydroxylation is 1. The zero-order valence-electron chi connectivity index (χ0n) is 18.5. The van der Waals surface area contributed by atoms with E-state index in [0.717, 1.165) is 38.0 Å². The number of halogens is 1. The molecule has 2 aromatic carbocycles. The first-order valence-corrected chi connectivity index (χ1v) is 12.7. The van der Waals surface area contributed by atoms with Crippen molar-refractivity contribution in [3.05, 3.63) is 77.6 Å². The summed E-state index contributed by atoms with van der Waals surface area (Å²) in [7, 11) is -3.66. The van der Waals surface area contributed by atoms with Crippen LogP contribution in [0.2, 0.25) is 0 Å². The van der Waals surface area contributed by atoms with Crippen LogP contribution in [0.1, 0.15) is 24.0 Å². The van der Waals surface area contributed by atoms with Crippen LogP contribution >= 0.6 is 0 Å². The fourth-order valence-corrected chi connectivity index (χ4v) is 6.33. The summed E-state index contributed by atoms with van der Waals surface area (Å²) in [5.41, 5.74) is 1.85. The number of aromatic nitrogens is 2. The minimum atomic E-state index is -3.66. The minimum absolute atomic E-state index is 0.0470. The van der Waals surface area contributed by atoms with Gasteiger partial charge in [-0.05, 0) is 73.1 Å². The van der Waals surface area contributed by atoms with Crippen molar-refractivity contribution in [3.63, 3.8) is 0 Å². The Morgan fingerprint density at radius 2 is 1.73 bits per heavy atom. The van der Waals surface area contributed by atoms with Crippen LogP contribution in [0.5, 0.6) is 0 Å². The molecule has 1 N–H and O–H groups in total. The molecule has 1 saturated carbocycles. The largest absolute Gasteiger partial charge is 0.366 e. The van der Waals surface area contributed by atoms with E-state index >= 15 is 0 Å². The van der Waals surface area contributed by atoms with Crippen molar-refractivity contribution in [1.29, 1.82) is 0 Å². The molecule has 6 nitrogen and oxygen atoms in total. The lowest BCUT2D eigenvalue weighted by Gasteiger charge is -2.20. The van der Waals surface area contributed by atoms with Crippen molar-refractivity contribution in [3.8, 4) is 0 Å². The summed E-state index contributed by atoms with van der Waals surface area (Å²) in [5.74, 6) is 1.69. The van der Waals surface area contributed by atoms with Crippen LogP contribution in [0.4, 0.5) is 10.2 Å². The molecule has 1 aliphatic heterocycles. The van der Waals surface area contributed by atoms with E-state index in [1.54, 1.807) is 49.4 Å². The minimum Gasteiger partial charge on any atom is -0.366 e. The van der Waals surface area contributed by atoms with Gasteiger partial charge in [0.15, 0.2) is 5.03 Å². The molecule has 33 heavy (non-hydrogen) atoms. The summed E-state index contributed by atoms with van der Waals surface area (Å²) in [6.45, 7) is 4.74. The number of sulfone groups is 1. The summed E-state index contributed by atoms with van der Waals surface area (Å²) < 4.78 is 38.9. The molecule has 1 aliphatic carbocycles. The van der Waals surface area contributed by atoms with Gasteiger partial charge in [0, 0.05) is 25.7 Å². The lowest BCUT2D eigenvalue weighted by molar-refractivity contribution is 0.301. The van der Waals surface area contributed by atoms with E-state index in [1.807, 2.05) is 12.1 Å². The number of nitrogens with one attached hydrogen (secondary N) is 1. The van der Waals surface area contributed by atoms with Crippen LogP contribution in [-0.2, 0) is 16.4 Å². The lowest BCUT2D eigenvalue weighted by atomic mass is 10.0. The molecule has 0 amide bonds. The maximum Gasteiger partial charge on any atom is 0.225 e. The molecule has 3 aromatic rings. The second-order valence-electron chi connectivity index (χ2n) is 9.18. The predicted molar refractivity (Wildman–Crippen MR) is 124 cm³/mol. The summed E-state index contributed by atoms with van der Waals surface area (Å²) >= 11 is 0. The van der Waals surface area contributed by atoms with E-state index < -0.39 is 9.84 Å². The number of hydrogen-bond donors (Lipinski definition) is 1. The van der Waals surface area contributed by atoms with Gasteiger partial charge in [-0.2, -0.15) is 0 Å². The molecule has 3 atom stereocenters. The van der Waals surface area contributed by atoms with Gasteiger partial charge in [-0.3, -0.25) is 4.90 Å². The highest BCUT2D eigenvalue weighted by Crippen LogP contribution is 2.39. The molecule has 1 unspecified atom stereocenters. The highest BCUT2D eigenvalue weighted by molar-refractivity contribution is 7.91. The molecule has 2 aliphatic rings. The second-order valence-corrected chi connectivity index (χ2v) is 11.1. The highest BCUT2D eigenvalue weighted by Gasteiger charge is 2.40. The van der Waals surface area contributed by atoms with Crippen molar-refractivity contribution in [2.45, 2.75) is 42.3 Å².